The largest absolute Gasteiger partial charge is 0.377 e. The Bertz CT molecular complexity index is 363. The van der Waals surface area contributed by atoms with E-state index in [9.17, 15) is 0 Å². The van der Waals surface area contributed by atoms with Crippen LogP contribution in [-0.4, -0.2) is 32.8 Å². The average molecular weight is 248 g/mol. The monoisotopic (exact) mass is 248 g/mol. The highest BCUT2D eigenvalue weighted by molar-refractivity contribution is 5.49. The summed E-state index contributed by atoms with van der Waals surface area (Å²) in [5, 5.41) is 3.26. The number of hydrogen-bond donors (Lipinski definition) is 1. The fraction of sp³-hybridized carbons (Fsp3) is 0.600. The second kappa shape index (κ2) is 6.21. The van der Waals surface area contributed by atoms with Gasteiger partial charge in [0.1, 0.15) is 0 Å². The summed E-state index contributed by atoms with van der Waals surface area (Å²) in [6, 6.07) is 9.28. The Kier molecular flexibility index (Phi) is 4.61. The van der Waals surface area contributed by atoms with Gasteiger partial charge in [-0.05, 0) is 45.0 Å². The minimum Gasteiger partial charge on any atom is -0.377 e. The van der Waals surface area contributed by atoms with E-state index in [2.05, 4.69) is 48.3 Å². The maximum atomic E-state index is 5.68. The molecule has 1 N–H and O–H groups in total. The van der Waals surface area contributed by atoms with Crippen LogP contribution in [0.15, 0.2) is 24.3 Å². The Hall–Kier alpha value is -1.06. The van der Waals surface area contributed by atoms with E-state index >= 15 is 0 Å². The quantitative estimate of drug-likeness (QED) is 0.867. The summed E-state index contributed by atoms with van der Waals surface area (Å²) in [5.74, 6) is 0. The van der Waals surface area contributed by atoms with Crippen molar-refractivity contribution in [3.63, 3.8) is 0 Å². The van der Waals surface area contributed by atoms with Crippen LogP contribution in [0.3, 0.4) is 0 Å². The van der Waals surface area contributed by atoms with Crippen molar-refractivity contribution in [3.8, 4) is 0 Å². The van der Waals surface area contributed by atoms with Gasteiger partial charge in [-0.1, -0.05) is 12.1 Å². The van der Waals surface area contributed by atoms with Gasteiger partial charge in [0.25, 0.3) is 0 Å². The lowest BCUT2D eigenvalue weighted by Crippen LogP contribution is -2.22. The molecular formula is C15H24N2O. The van der Waals surface area contributed by atoms with Crippen LogP contribution in [0.4, 0.5) is 5.69 Å². The molecule has 2 atom stereocenters. The van der Waals surface area contributed by atoms with Crippen molar-refractivity contribution in [1.82, 2.24) is 5.32 Å². The first-order chi connectivity index (χ1) is 8.74. The van der Waals surface area contributed by atoms with Crippen molar-refractivity contribution < 1.29 is 4.74 Å². The normalized spacial score (nSPS) is 21.3. The van der Waals surface area contributed by atoms with Gasteiger partial charge in [0.05, 0.1) is 6.10 Å². The molecule has 2 rings (SSSR count). The van der Waals surface area contributed by atoms with Crippen LogP contribution < -0.4 is 10.2 Å². The number of benzene rings is 1. The lowest BCUT2D eigenvalue weighted by Gasteiger charge is -2.20. The standard InChI is InChI=1S/C15H24N2O/c1-4-18-15-9-10-17(11-15)14-7-5-13(6-8-14)12(2)16-3/h5-8,12,15-16H,4,9-11H2,1-3H3. The zero-order chi connectivity index (χ0) is 13.0. The highest BCUT2D eigenvalue weighted by atomic mass is 16.5. The number of ether oxygens (including phenoxy) is 1. The Labute approximate surface area is 110 Å². The molecule has 2 unspecified atom stereocenters. The molecular weight excluding hydrogens is 224 g/mol. The lowest BCUT2D eigenvalue weighted by atomic mass is 10.1. The van der Waals surface area contributed by atoms with E-state index in [1.54, 1.807) is 0 Å². The molecule has 18 heavy (non-hydrogen) atoms. The molecule has 0 aliphatic carbocycles. The molecule has 1 aromatic carbocycles. The summed E-state index contributed by atoms with van der Waals surface area (Å²) < 4.78 is 5.68. The number of rotatable bonds is 5. The molecule has 100 valence electrons. The third kappa shape index (κ3) is 3.03. The van der Waals surface area contributed by atoms with Crippen molar-refractivity contribution in [2.24, 2.45) is 0 Å². The molecule has 1 fully saturated rings. The fourth-order valence-electron chi connectivity index (χ4n) is 2.47. The highest BCUT2D eigenvalue weighted by Crippen LogP contribution is 2.23. The summed E-state index contributed by atoms with van der Waals surface area (Å²) in [7, 11) is 1.99. The summed E-state index contributed by atoms with van der Waals surface area (Å²) in [6.07, 6.45) is 1.55. The van der Waals surface area contributed by atoms with Gasteiger partial charge in [0.2, 0.25) is 0 Å². The summed E-state index contributed by atoms with van der Waals surface area (Å²) in [6.45, 7) is 7.18. The third-order valence-electron chi connectivity index (χ3n) is 3.74. The van der Waals surface area contributed by atoms with E-state index in [1.807, 2.05) is 7.05 Å². The van der Waals surface area contributed by atoms with Crippen molar-refractivity contribution in [1.29, 1.82) is 0 Å². The minimum atomic E-state index is 0.408. The van der Waals surface area contributed by atoms with E-state index < -0.39 is 0 Å². The molecule has 3 nitrogen and oxygen atoms in total. The van der Waals surface area contributed by atoms with Gasteiger partial charge in [-0.15, -0.1) is 0 Å². The second-order valence-electron chi connectivity index (χ2n) is 4.91. The smallest absolute Gasteiger partial charge is 0.0766 e. The molecule has 0 amide bonds. The van der Waals surface area contributed by atoms with E-state index in [4.69, 9.17) is 4.74 Å². The van der Waals surface area contributed by atoms with E-state index in [0.717, 1.165) is 26.1 Å². The van der Waals surface area contributed by atoms with E-state index in [0.29, 0.717) is 12.1 Å². The topological polar surface area (TPSA) is 24.5 Å². The lowest BCUT2D eigenvalue weighted by molar-refractivity contribution is 0.0787. The first-order valence-electron chi connectivity index (χ1n) is 6.88. The van der Waals surface area contributed by atoms with Crippen molar-refractivity contribution in [2.75, 3.05) is 31.6 Å². The van der Waals surface area contributed by atoms with Crippen LogP contribution >= 0.6 is 0 Å². The predicted molar refractivity (Wildman–Crippen MR) is 76.2 cm³/mol. The van der Waals surface area contributed by atoms with Gasteiger partial charge in [0.15, 0.2) is 0 Å². The van der Waals surface area contributed by atoms with Gasteiger partial charge < -0.3 is 15.0 Å². The Morgan fingerprint density at radius 3 is 2.72 bits per heavy atom. The van der Waals surface area contributed by atoms with Gasteiger partial charge >= 0.3 is 0 Å². The van der Waals surface area contributed by atoms with Crippen molar-refractivity contribution >= 4 is 5.69 Å². The maximum absolute atomic E-state index is 5.68. The van der Waals surface area contributed by atoms with Crippen LogP contribution in [0.5, 0.6) is 0 Å². The molecule has 1 aliphatic rings. The first kappa shape index (κ1) is 13.4. The van der Waals surface area contributed by atoms with Crippen molar-refractivity contribution in [3.05, 3.63) is 29.8 Å². The first-order valence-corrected chi connectivity index (χ1v) is 6.88. The van der Waals surface area contributed by atoms with E-state index in [-0.39, 0.29) is 0 Å². The second-order valence-corrected chi connectivity index (χ2v) is 4.91. The van der Waals surface area contributed by atoms with Gasteiger partial charge in [0, 0.05) is 31.4 Å². The molecule has 1 heterocycles. The molecule has 0 spiro atoms. The predicted octanol–water partition coefficient (Wildman–Crippen LogP) is 2.58. The zero-order valence-corrected chi connectivity index (χ0v) is 11.6. The fourth-order valence-corrected chi connectivity index (χ4v) is 2.47. The summed E-state index contributed by atoms with van der Waals surface area (Å²) in [5.41, 5.74) is 2.64. The Morgan fingerprint density at radius 2 is 2.11 bits per heavy atom. The van der Waals surface area contributed by atoms with Crippen LogP contribution in [-0.2, 0) is 4.74 Å². The van der Waals surface area contributed by atoms with Crippen LogP contribution in [0, 0.1) is 0 Å². The summed E-state index contributed by atoms with van der Waals surface area (Å²) >= 11 is 0. The Balaban J connectivity index is 1.98. The van der Waals surface area contributed by atoms with Crippen LogP contribution in [0.1, 0.15) is 31.9 Å². The van der Waals surface area contributed by atoms with Crippen LogP contribution in [0.25, 0.3) is 0 Å². The molecule has 0 aromatic heterocycles. The van der Waals surface area contributed by atoms with Crippen LogP contribution in [0.2, 0.25) is 0 Å². The number of nitrogens with one attached hydrogen (secondary N) is 1. The molecule has 0 bridgehead atoms. The molecule has 1 aromatic rings. The van der Waals surface area contributed by atoms with Gasteiger partial charge in [-0.3, -0.25) is 0 Å². The van der Waals surface area contributed by atoms with Crippen molar-refractivity contribution in [2.45, 2.75) is 32.4 Å². The molecule has 0 radical (unpaired) electrons. The highest BCUT2D eigenvalue weighted by Gasteiger charge is 2.22. The number of anilines is 1. The average Bonchev–Trinajstić information content (AvgIpc) is 2.87. The molecule has 1 saturated heterocycles. The maximum Gasteiger partial charge on any atom is 0.0766 e. The number of hydrogen-bond acceptors (Lipinski definition) is 3. The summed E-state index contributed by atoms with van der Waals surface area (Å²) in [4.78, 5) is 2.41. The minimum absolute atomic E-state index is 0.408. The molecule has 3 heteroatoms. The zero-order valence-electron chi connectivity index (χ0n) is 11.6. The number of nitrogens with zero attached hydrogens (tertiary/aromatic N) is 1. The Morgan fingerprint density at radius 1 is 1.39 bits per heavy atom. The van der Waals surface area contributed by atoms with E-state index in [1.165, 1.54) is 11.3 Å². The third-order valence-corrected chi connectivity index (χ3v) is 3.74. The molecule has 0 saturated carbocycles. The molecule has 1 aliphatic heterocycles. The van der Waals surface area contributed by atoms with Gasteiger partial charge in [-0.25, -0.2) is 0 Å². The van der Waals surface area contributed by atoms with Gasteiger partial charge in [-0.2, -0.15) is 0 Å². The SMILES string of the molecule is CCOC1CCN(c2ccc(C(C)NC)cc2)C1.